The third-order valence-electron chi connectivity index (χ3n) is 2.19. The van der Waals surface area contributed by atoms with E-state index < -0.39 is 11.6 Å². The molecule has 72 valence electrons. The van der Waals surface area contributed by atoms with Crippen LogP contribution in [0, 0.1) is 25.5 Å². The van der Waals surface area contributed by atoms with Gasteiger partial charge in [0.2, 0.25) is 0 Å². The fourth-order valence-electron chi connectivity index (χ4n) is 1.56. The molecule has 0 N–H and O–H groups in total. The minimum atomic E-state index is -0.852. The maximum atomic E-state index is 12.9. The highest BCUT2D eigenvalue weighted by molar-refractivity contribution is 5.82. The highest BCUT2D eigenvalue weighted by Gasteiger charge is 2.06. The van der Waals surface area contributed by atoms with Gasteiger partial charge in [-0.3, -0.25) is 4.98 Å². The SMILES string of the molecule is Cc1cc(C)c2cc(F)c(F)cc2n1. The van der Waals surface area contributed by atoms with Crippen LogP contribution < -0.4 is 0 Å². The maximum absolute atomic E-state index is 12.9. The first-order chi connectivity index (χ1) is 6.58. The molecule has 0 saturated carbocycles. The van der Waals surface area contributed by atoms with E-state index in [0.717, 1.165) is 17.3 Å². The molecule has 1 heterocycles. The van der Waals surface area contributed by atoms with Crippen molar-refractivity contribution >= 4 is 10.9 Å². The maximum Gasteiger partial charge on any atom is 0.161 e. The molecule has 1 aromatic carbocycles. The van der Waals surface area contributed by atoms with Crippen molar-refractivity contribution in [1.29, 1.82) is 0 Å². The zero-order valence-corrected chi connectivity index (χ0v) is 7.94. The number of fused-ring (bicyclic) bond motifs is 1. The van der Waals surface area contributed by atoms with Gasteiger partial charge in [0.25, 0.3) is 0 Å². The highest BCUT2D eigenvalue weighted by Crippen LogP contribution is 2.20. The van der Waals surface area contributed by atoms with Crippen molar-refractivity contribution in [3.63, 3.8) is 0 Å². The van der Waals surface area contributed by atoms with Crippen molar-refractivity contribution in [2.75, 3.05) is 0 Å². The lowest BCUT2D eigenvalue weighted by Crippen LogP contribution is -1.91. The second-order valence-electron chi connectivity index (χ2n) is 3.36. The summed E-state index contributed by atoms with van der Waals surface area (Å²) in [4.78, 5) is 4.13. The van der Waals surface area contributed by atoms with Crippen molar-refractivity contribution in [3.8, 4) is 0 Å². The number of hydrogen-bond acceptors (Lipinski definition) is 1. The molecule has 0 aliphatic rings. The Labute approximate surface area is 80.4 Å². The van der Waals surface area contributed by atoms with Crippen LogP contribution in [-0.4, -0.2) is 4.98 Å². The molecule has 1 nitrogen and oxygen atoms in total. The summed E-state index contributed by atoms with van der Waals surface area (Å²) in [6.07, 6.45) is 0. The Kier molecular flexibility index (Phi) is 1.95. The lowest BCUT2D eigenvalue weighted by Gasteiger charge is -2.03. The van der Waals surface area contributed by atoms with Gasteiger partial charge in [-0.1, -0.05) is 0 Å². The van der Waals surface area contributed by atoms with E-state index in [9.17, 15) is 8.78 Å². The van der Waals surface area contributed by atoms with Crippen molar-refractivity contribution in [2.45, 2.75) is 13.8 Å². The molecule has 0 saturated heterocycles. The van der Waals surface area contributed by atoms with Crippen LogP contribution in [0.3, 0.4) is 0 Å². The zero-order chi connectivity index (χ0) is 10.3. The van der Waals surface area contributed by atoms with Gasteiger partial charge in [-0.05, 0) is 31.5 Å². The Hall–Kier alpha value is -1.51. The Bertz CT molecular complexity index is 506. The molecular formula is C11H9F2N. The molecule has 0 bridgehead atoms. The first-order valence-electron chi connectivity index (χ1n) is 4.31. The standard InChI is InChI=1S/C11H9F2N/c1-6-3-7(2)14-11-5-10(13)9(12)4-8(6)11/h3-5H,1-2H3. The summed E-state index contributed by atoms with van der Waals surface area (Å²) in [6, 6.07) is 4.16. The molecule has 3 heteroatoms. The van der Waals surface area contributed by atoms with E-state index >= 15 is 0 Å². The van der Waals surface area contributed by atoms with E-state index in [-0.39, 0.29) is 0 Å². The summed E-state index contributed by atoms with van der Waals surface area (Å²) in [6.45, 7) is 3.68. The topological polar surface area (TPSA) is 12.9 Å². The number of aryl methyl sites for hydroxylation is 2. The molecule has 1 aromatic heterocycles. The predicted molar refractivity (Wildman–Crippen MR) is 51.1 cm³/mol. The summed E-state index contributed by atoms with van der Waals surface area (Å²) in [5, 5.41) is 0.662. The van der Waals surface area contributed by atoms with Crippen LogP contribution in [0.25, 0.3) is 10.9 Å². The fraction of sp³-hybridized carbons (Fsp3) is 0.182. The van der Waals surface area contributed by atoms with Crippen LogP contribution in [0.2, 0.25) is 0 Å². The molecule has 0 unspecified atom stereocenters. The smallest absolute Gasteiger partial charge is 0.161 e. The minimum absolute atomic E-state index is 0.501. The second kappa shape index (κ2) is 3.01. The Morgan fingerprint density at radius 3 is 2.36 bits per heavy atom. The van der Waals surface area contributed by atoms with Crippen LogP contribution in [0.15, 0.2) is 18.2 Å². The first kappa shape index (κ1) is 9.06. The van der Waals surface area contributed by atoms with Gasteiger partial charge in [-0.25, -0.2) is 8.78 Å². The normalized spacial score (nSPS) is 10.9. The molecular weight excluding hydrogens is 184 g/mol. The Morgan fingerprint density at radius 1 is 1.00 bits per heavy atom. The monoisotopic (exact) mass is 193 g/mol. The van der Waals surface area contributed by atoms with Crippen molar-refractivity contribution in [1.82, 2.24) is 4.98 Å². The lowest BCUT2D eigenvalue weighted by molar-refractivity contribution is 0.510. The van der Waals surface area contributed by atoms with E-state index in [4.69, 9.17) is 0 Å². The molecule has 0 fully saturated rings. The van der Waals surface area contributed by atoms with Gasteiger partial charge >= 0.3 is 0 Å². The van der Waals surface area contributed by atoms with E-state index in [1.165, 1.54) is 6.07 Å². The molecule has 0 aliphatic heterocycles. The number of benzene rings is 1. The minimum Gasteiger partial charge on any atom is -0.253 e. The molecule has 2 rings (SSSR count). The lowest BCUT2D eigenvalue weighted by atomic mass is 10.1. The number of aromatic nitrogens is 1. The van der Waals surface area contributed by atoms with E-state index in [1.807, 2.05) is 19.9 Å². The number of rotatable bonds is 0. The number of pyridine rings is 1. The average molecular weight is 193 g/mol. The molecule has 0 spiro atoms. The van der Waals surface area contributed by atoms with E-state index in [1.54, 1.807) is 0 Å². The van der Waals surface area contributed by atoms with Crippen LogP contribution in [0.4, 0.5) is 8.78 Å². The third kappa shape index (κ3) is 1.35. The van der Waals surface area contributed by atoms with E-state index in [0.29, 0.717) is 10.9 Å². The van der Waals surface area contributed by atoms with Crippen LogP contribution >= 0.6 is 0 Å². The summed E-state index contributed by atoms with van der Waals surface area (Å²) < 4.78 is 25.8. The second-order valence-corrected chi connectivity index (χ2v) is 3.36. The van der Waals surface area contributed by atoms with Gasteiger partial charge < -0.3 is 0 Å². The average Bonchev–Trinajstić information content (AvgIpc) is 2.08. The van der Waals surface area contributed by atoms with E-state index in [2.05, 4.69) is 4.98 Å². The predicted octanol–water partition coefficient (Wildman–Crippen LogP) is 3.13. The highest BCUT2D eigenvalue weighted by atomic mass is 19.2. The fourth-order valence-corrected chi connectivity index (χ4v) is 1.56. The summed E-state index contributed by atoms with van der Waals surface area (Å²) in [7, 11) is 0. The molecule has 14 heavy (non-hydrogen) atoms. The summed E-state index contributed by atoms with van der Waals surface area (Å²) in [5.74, 6) is -1.68. The Morgan fingerprint density at radius 2 is 1.64 bits per heavy atom. The number of hydrogen-bond donors (Lipinski definition) is 0. The van der Waals surface area contributed by atoms with Gasteiger partial charge in [0, 0.05) is 17.1 Å². The molecule has 0 aliphatic carbocycles. The van der Waals surface area contributed by atoms with Crippen LogP contribution in [-0.2, 0) is 0 Å². The van der Waals surface area contributed by atoms with Gasteiger partial charge in [-0.15, -0.1) is 0 Å². The molecule has 2 aromatic rings. The summed E-state index contributed by atoms with van der Waals surface area (Å²) >= 11 is 0. The molecule has 0 radical (unpaired) electrons. The number of halogens is 2. The number of nitrogens with zero attached hydrogens (tertiary/aromatic N) is 1. The largest absolute Gasteiger partial charge is 0.253 e. The molecule has 0 amide bonds. The van der Waals surface area contributed by atoms with Crippen molar-refractivity contribution in [3.05, 3.63) is 41.1 Å². The first-order valence-corrected chi connectivity index (χ1v) is 4.31. The van der Waals surface area contributed by atoms with Gasteiger partial charge in [0.05, 0.1) is 5.52 Å². The van der Waals surface area contributed by atoms with Crippen molar-refractivity contribution < 1.29 is 8.78 Å². The van der Waals surface area contributed by atoms with Gasteiger partial charge in [-0.2, -0.15) is 0 Å². The van der Waals surface area contributed by atoms with Gasteiger partial charge in [0.1, 0.15) is 0 Å². The van der Waals surface area contributed by atoms with Gasteiger partial charge in [0.15, 0.2) is 11.6 Å². The zero-order valence-electron chi connectivity index (χ0n) is 7.94. The van der Waals surface area contributed by atoms with Crippen molar-refractivity contribution in [2.24, 2.45) is 0 Å². The van der Waals surface area contributed by atoms with Crippen LogP contribution in [0.5, 0.6) is 0 Å². The summed E-state index contributed by atoms with van der Waals surface area (Å²) in [5.41, 5.74) is 2.22. The quantitative estimate of drug-likeness (QED) is 0.626. The molecule has 0 atom stereocenters. The van der Waals surface area contributed by atoms with Crippen LogP contribution in [0.1, 0.15) is 11.3 Å². The third-order valence-corrected chi connectivity index (χ3v) is 2.19. The Balaban J connectivity index is 2.89.